The van der Waals surface area contributed by atoms with E-state index in [1.165, 1.54) is 0 Å². The van der Waals surface area contributed by atoms with Crippen LogP contribution < -0.4 is 10.6 Å². The molecule has 1 aromatic rings. The van der Waals surface area contributed by atoms with Gasteiger partial charge < -0.3 is 15.7 Å². The van der Waals surface area contributed by atoms with E-state index >= 15 is 0 Å². The number of carboxylic acid groups (broad SMARTS) is 1. The number of hydrogen-bond donors (Lipinski definition) is 3. The summed E-state index contributed by atoms with van der Waals surface area (Å²) in [5.41, 5.74) is 0.710. The normalized spacial score (nSPS) is 11.7. The lowest BCUT2D eigenvalue weighted by atomic mass is 10.1. The van der Waals surface area contributed by atoms with Crippen molar-refractivity contribution in [1.29, 1.82) is 0 Å². The van der Waals surface area contributed by atoms with Crippen LogP contribution in [0.2, 0.25) is 0 Å². The number of aliphatic carboxylic acids is 1. The Morgan fingerprint density at radius 3 is 2.47 bits per heavy atom. The van der Waals surface area contributed by atoms with Gasteiger partial charge in [0.05, 0.1) is 5.92 Å². The average molecular weight is 282 g/mol. The summed E-state index contributed by atoms with van der Waals surface area (Å²) < 4.78 is 0. The highest BCUT2D eigenvalue weighted by Gasteiger charge is 2.10. The zero-order valence-corrected chi connectivity index (χ0v) is 11.8. The third kappa shape index (κ3) is 5.65. The minimum absolute atomic E-state index is 0.325. The summed E-state index contributed by atoms with van der Waals surface area (Å²) in [5, 5.41) is 14.0. The van der Waals surface area contributed by atoms with Crippen molar-refractivity contribution in [1.82, 2.24) is 5.32 Å². The number of rotatable bonds is 6. The first-order chi connectivity index (χ1) is 9.02. The molecule has 0 bridgehead atoms. The molecule has 19 heavy (non-hydrogen) atoms. The molecule has 1 unspecified atom stereocenters. The van der Waals surface area contributed by atoms with Crippen LogP contribution in [-0.4, -0.2) is 29.9 Å². The van der Waals surface area contributed by atoms with Gasteiger partial charge in [-0.1, -0.05) is 6.92 Å². The molecular weight excluding hydrogens is 264 g/mol. The van der Waals surface area contributed by atoms with Gasteiger partial charge in [0.1, 0.15) is 0 Å². The number of carboxylic acids is 1. The molecule has 0 radical (unpaired) electrons. The van der Waals surface area contributed by atoms with Gasteiger partial charge in [0, 0.05) is 17.1 Å². The summed E-state index contributed by atoms with van der Waals surface area (Å²) in [6, 6.07) is 7.17. The third-order valence-electron chi connectivity index (χ3n) is 2.63. The molecule has 0 heterocycles. The number of hydrogen-bond acceptors (Lipinski definition) is 3. The molecule has 0 saturated heterocycles. The van der Waals surface area contributed by atoms with Crippen LogP contribution >= 0.6 is 11.8 Å². The van der Waals surface area contributed by atoms with Crippen LogP contribution in [0.15, 0.2) is 29.2 Å². The maximum atomic E-state index is 11.5. The van der Waals surface area contributed by atoms with Gasteiger partial charge in [0.25, 0.3) is 0 Å². The summed E-state index contributed by atoms with van der Waals surface area (Å²) in [6.45, 7) is 1.95. The largest absolute Gasteiger partial charge is 0.481 e. The first-order valence-electron chi connectivity index (χ1n) is 5.94. The van der Waals surface area contributed by atoms with Crippen LogP contribution in [0.1, 0.15) is 13.3 Å². The van der Waals surface area contributed by atoms with E-state index in [0.29, 0.717) is 18.7 Å². The number of nitrogens with one attached hydrogen (secondary N) is 2. The van der Waals surface area contributed by atoms with Crippen molar-refractivity contribution in [2.45, 2.75) is 18.2 Å². The molecular formula is C13H18N2O3S. The molecule has 5 nitrogen and oxygen atoms in total. The number of amides is 2. The highest BCUT2D eigenvalue weighted by atomic mass is 32.2. The van der Waals surface area contributed by atoms with Gasteiger partial charge in [0.15, 0.2) is 0 Å². The SMILES string of the molecule is CSc1ccc(NC(=O)NCCC(C)C(=O)O)cc1. The van der Waals surface area contributed by atoms with Crippen molar-refractivity contribution in [3.8, 4) is 0 Å². The molecule has 0 aliphatic heterocycles. The molecule has 1 aromatic carbocycles. The average Bonchev–Trinajstić information content (AvgIpc) is 2.39. The third-order valence-corrected chi connectivity index (χ3v) is 3.38. The van der Waals surface area contributed by atoms with Crippen molar-refractivity contribution in [3.05, 3.63) is 24.3 Å². The van der Waals surface area contributed by atoms with E-state index in [0.717, 1.165) is 4.90 Å². The van der Waals surface area contributed by atoms with Gasteiger partial charge in [-0.05, 0) is 36.9 Å². The minimum atomic E-state index is -0.852. The zero-order chi connectivity index (χ0) is 14.3. The molecule has 0 aliphatic carbocycles. The Bertz CT molecular complexity index is 434. The Morgan fingerprint density at radius 1 is 1.32 bits per heavy atom. The molecule has 0 spiro atoms. The molecule has 3 N–H and O–H groups in total. The Labute approximate surface area is 116 Å². The number of thioether (sulfide) groups is 1. The first kappa shape index (κ1) is 15.4. The van der Waals surface area contributed by atoms with Gasteiger partial charge in [-0.25, -0.2) is 4.79 Å². The smallest absolute Gasteiger partial charge is 0.319 e. The molecule has 2 amide bonds. The molecule has 1 rings (SSSR count). The Balaban J connectivity index is 2.32. The summed E-state index contributed by atoms with van der Waals surface area (Å²) in [7, 11) is 0. The quantitative estimate of drug-likeness (QED) is 0.701. The maximum absolute atomic E-state index is 11.5. The van der Waals surface area contributed by atoms with Crippen molar-refractivity contribution < 1.29 is 14.7 Å². The van der Waals surface area contributed by atoms with Crippen LogP contribution in [0, 0.1) is 5.92 Å². The van der Waals surface area contributed by atoms with E-state index in [9.17, 15) is 9.59 Å². The standard InChI is InChI=1S/C13H18N2O3S/c1-9(12(16)17)7-8-14-13(18)15-10-3-5-11(19-2)6-4-10/h3-6,9H,7-8H2,1-2H3,(H,16,17)(H2,14,15,18). The summed E-state index contributed by atoms with van der Waals surface area (Å²) in [6.07, 6.45) is 2.40. The number of benzene rings is 1. The zero-order valence-electron chi connectivity index (χ0n) is 11.0. The fraction of sp³-hybridized carbons (Fsp3) is 0.385. The van der Waals surface area contributed by atoms with Gasteiger partial charge in [-0.3, -0.25) is 4.79 Å². The fourth-order valence-corrected chi connectivity index (χ4v) is 1.78. The van der Waals surface area contributed by atoms with E-state index < -0.39 is 11.9 Å². The van der Waals surface area contributed by atoms with E-state index in [1.54, 1.807) is 18.7 Å². The van der Waals surface area contributed by atoms with Crippen LogP contribution in [0.3, 0.4) is 0 Å². The molecule has 0 fully saturated rings. The molecule has 104 valence electrons. The molecule has 0 aromatic heterocycles. The predicted octanol–water partition coefficient (Wildman–Crippen LogP) is 2.64. The van der Waals surface area contributed by atoms with Gasteiger partial charge in [0.2, 0.25) is 0 Å². The topological polar surface area (TPSA) is 78.4 Å². The van der Waals surface area contributed by atoms with Crippen molar-refractivity contribution in [3.63, 3.8) is 0 Å². The lowest BCUT2D eigenvalue weighted by molar-refractivity contribution is -0.141. The summed E-state index contributed by atoms with van der Waals surface area (Å²) in [5.74, 6) is -1.31. The predicted molar refractivity (Wildman–Crippen MR) is 76.7 cm³/mol. The molecule has 0 aliphatic rings. The minimum Gasteiger partial charge on any atom is -0.481 e. The molecule has 1 atom stereocenters. The highest BCUT2D eigenvalue weighted by molar-refractivity contribution is 7.98. The molecule has 6 heteroatoms. The van der Waals surface area contributed by atoms with Crippen molar-refractivity contribution in [2.24, 2.45) is 5.92 Å². The Kier molecular flexibility index (Phi) is 6.21. The Morgan fingerprint density at radius 2 is 1.95 bits per heavy atom. The Hall–Kier alpha value is -1.69. The van der Waals surface area contributed by atoms with Crippen molar-refractivity contribution in [2.75, 3.05) is 18.1 Å². The maximum Gasteiger partial charge on any atom is 0.319 e. The van der Waals surface area contributed by atoms with Crippen LogP contribution in [0.5, 0.6) is 0 Å². The fourth-order valence-electron chi connectivity index (χ4n) is 1.38. The monoisotopic (exact) mass is 282 g/mol. The summed E-state index contributed by atoms with van der Waals surface area (Å²) >= 11 is 1.63. The van der Waals surface area contributed by atoms with E-state index in [4.69, 9.17) is 5.11 Å². The number of urea groups is 1. The second kappa shape index (κ2) is 7.68. The van der Waals surface area contributed by atoms with Crippen LogP contribution in [-0.2, 0) is 4.79 Å². The van der Waals surface area contributed by atoms with E-state index in [1.807, 2.05) is 30.5 Å². The van der Waals surface area contributed by atoms with E-state index in [2.05, 4.69) is 10.6 Å². The van der Waals surface area contributed by atoms with Crippen LogP contribution in [0.4, 0.5) is 10.5 Å². The van der Waals surface area contributed by atoms with Gasteiger partial charge in [-0.2, -0.15) is 0 Å². The number of carbonyl (C=O) groups excluding carboxylic acids is 1. The van der Waals surface area contributed by atoms with Crippen LogP contribution in [0.25, 0.3) is 0 Å². The van der Waals surface area contributed by atoms with Crippen molar-refractivity contribution >= 4 is 29.4 Å². The molecule has 0 saturated carbocycles. The lowest BCUT2D eigenvalue weighted by Crippen LogP contribution is -2.31. The highest BCUT2D eigenvalue weighted by Crippen LogP contribution is 2.17. The second-order valence-electron chi connectivity index (χ2n) is 4.14. The second-order valence-corrected chi connectivity index (χ2v) is 5.02. The van der Waals surface area contributed by atoms with E-state index in [-0.39, 0.29) is 6.03 Å². The first-order valence-corrected chi connectivity index (χ1v) is 7.17. The summed E-state index contributed by atoms with van der Waals surface area (Å²) in [4.78, 5) is 23.3. The van der Waals surface area contributed by atoms with Gasteiger partial charge >= 0.3 is 12.0 Å². The van der Waals surface area contributed by atoms with Gasteiger partial charge in [-0.15, -0.1) is 11.8 Å². The number of anilines is 1. The number of carbonyl (C=O) groups is 2. The lowest BCUT2D eigenvalue weighted by Gasteiger charge is -2.09.